The van der Waals surface area contributed by atoms with E-state index < -0.39 is 0 Å². The highest BCUT2D eigenvalue weighted by atomic mass is 32.1. The van der Waals surface area contributed by atoms with Crippen molar-refractivity contribution in [2.24, 2.45) is 0 Å². The number of para-hydroxylation sites is 2. The second-order valence-corrected chi connectivity index (χ2v) is 18.1. The van der Waals surface area contributed by atoms with Gasteiger partial charge in [-0.3, -0.25) is 4.98 Å². The van der Waals surface area contributed by atoms with Gasteiger partial charge >= 0.3 is 0 Å². The number of rotatable bonds is 8. The largest absolute Gasteiger partial charge is 0.309 e. The molecule has 0 saturated heterocycles. The Kier molecular flexibility index (Phi) is 9.62. The number of thiophene rings is 1. The maximum absolute atomic E-state index is 5.48. The molecule has 318 valence electrons. The summed E-state index contributed by atoms with van der Waals surface area (Å²) in [5, 5.41) is 4.87. The van der Waals surface area contributed by atoms with Gasteiger partial charge in [0.2, 0.25) is 0 Å². The molecule has 0 saturated carbocycles. The van der Waals surface area contributed by atoms with Crippen molar-refractivity contribution < 1.29 is 0 Å². The van der Waals surface area contributed by atoms with Crippen LogP contribution in [-0.2, 0) is 0 Å². The first-order chi connectivity index (χ1) is 33.7. The molecule has 0 aliphatic rings. The molecule has 5 nitrogen and oxygen atoms in total. The van der Waals surface area contributed by atoms with Gasteiger partial charge in [-0.25, -0.2) is 15.0 Å². The molecule has 0 amide bonds. The summed E-state index contributed by atoms with van der Waals surface area (Å²) in [6, 6.07) is 81.2. The molecule has 0 fully saturated rings. The van der Waals surface area contributed by atoms with Crippen LogP contribution in [0.5, 0.6) is 0 Å². The van der Waals surface area contributed by atoms with Crippen molar-refractivity contribution in [2.75, 3.05) is 0 Å². The molecule has 0 unspecified atom stereocenters. The van der Waals surface area contributed by atoms with Gasteiger partial charge in [0.15, 0.2) is 17.5 Å². The minimum absolute atomic E-state index is 0.546. The van der Waals surface area contributed by atoms with E-state index in [4.69, 9.17) is 19.9 Å². The number of benzene rings is 9. The average Bonchev–Trinajstić information content (AvgIpc) is 3.95. The van der Waals surface area contributed by atoms with Crippen LogP contribution in [-0.4, -0.2) is 24.5 Å². The van der Waals surface area contributed by atoms with Crippen LogP contribution in [0.3, 0.4) is 0 Å². The third-order valence-electron chi connectivity index (χ3n) is 12.9. The van der Waals surface area contributed by atoms with Gasteiger partial charge in [0.1, 0.15) is 0 Å². The molecule has 0 aliphatic carbocycles. The molecule has 13 aromatic rings. The van der Waals surface area contributed by atoms with E-state index >= 15 is 0 Å². The second-order valence-electron chi connectivity index (χ2n) is 17.0. The molecule has 9 aromatic carbocycles. The highest BCUT2D eigenvalue weighted by Crippen LogP contribution is 2.45. The lowest BCUT2D eigenvalue weighted by Gasteiger charge is -2.18. The topological polar surface area (TPSA) is 56.5 Å². The minimum Gasteiger partial charge on any atom is -0.309 e. The molecule has 4 heterocycles. The van der Waals surface area contributed by atoms with Gasteiger partial charge in [-0.1, -0.05) is 182 Å². The SMILES string of the molecule is c1ccc(-c2nc(-c3ccccc3)nc(-c3cc(-c4c(-c5ccccc5)cccc4-c4ccccc4)cnc3-c3ccc4sc5cc6c7ccccc7n(-c7ccccc7)c6cc5c4c3)n2)cc1. The maximum Gasteiger partial charge on any atom is 0.166 e. The first kappa shape index (κ1) is 39.5. The van der Waals surface area contributed by atoms with Crippen LogP contribution >= 0.6 is 11.3 Å². The van der Waals surface area contributed by atoms with Gasteiger partial charge in [-0.2, -0.15) is 0 Å². The first-order valence-electron chi connectivity index (χ1n) is 22.8. The molecule has 4 aromatic heterocycles. The number of aromatic nitrogens is 5. The highest BCUT2D eigenvalue weighted by Gasteiger charge is 2.22. The Bertz CT molecular complexity index is 3880. The molecule has 13 rings (SSSR count). The Balaban J connectivity index is 1.08. The van der Waals surface area contributed by atoms with Gasteiger partial charge in [0.05, 0.1) is 16.7 Å². The highest BCUT2D eigenvalue weighted by molar-refractivity contribution is 7.25. The third kappa shape index (κ3) is 6.86. The van der Waals surface area contributed by atoms with Crippen molar-refractivity contribution in [1.29, 1.82) is 0 Å². The quantitative estimate of drug-likeness (QED) is 0.153. The van der Waals surface area contributed by atoms with Crippen molar-refractivity contribution in [2.45, 2.75) is 0 Å². The van der Waals surface area contributed by atoms with Crippen LogP contribution in [0.15, 0.2) is 237 Å². The summed E-state index contributed by atoms with van der Waals surface area (Å²) in [5.74, 6) is 1.74. The molecule has 0 spiro atoms. The lowest BCUT2D eigenvalue weighted by molar-refractivity contribution is 1.07. The van der Waals surface area contributed by atoms with Crippen molar-refractivity contribution in [3.8, 4) is 84.5 Å². The van der Waals surface area contributed by atoms with E-state index in [1.54, 1.807) is 0 Å². The number of pyridine rings is 1. The summed E-state index contributed by atoms with van der Waals surface area (Å²) < 4.78 is 4.85. The molecule has 0 aliphatic heterocycles. The monoisotopic (exact) mass is 885 g/mol. The van der Waals surface area contributed by atoms with Gasteiger partial charge in [0.25, 0.3) is 0 Å². The predicted molar refractivity (Wildman–Crippen MR) is 283 cm³/mol. The zero-order valence-corrected chi connectivity index (χ0v) is 37.5. The van der Waals surface area contributed by atoms with Crippen LogP contribution in [0.4, 0.5) is 0 Å². The van der Waals surface area contributed by atoms with Crippen molar-refractivity contribution >= 4 is 53.3 Å². The second kappa shape index (κ2) is 16.5. The van der Waals surface area contributed by atoms with Gasteiger partial charge in [0, 0.05) is 70.6 Å². The van der Waals surface area contributed by atoms with E-state index in [0.29, 0.717) is 17.5 Å². The number of hydrogen-bond donors (Lipinski definition) is 0. The van der Waals surface area contributed by atoms with E-state index in [2.05, 4.69) is 199 Å². The van der Waals surface area contributed by atoms with Crippen LogP contribution < -0.4 is 0 Å². The molecule has 68 heavy (non-hydrogen) atoms. The first-order valence-corrected chi connectivity index (χ1v) is 23.6. The summed E-state index contributed by atoms with van der Waals surface area (Å²) >= 11 is 1.83. The van der Waals surface area contributed by atoms with E-state index in [1.807, 2.05) is 53.9 Å². The molecular weight excluding hydrogens is 847 g/mol. The average molecular weight is 886 g/mol. The zero-order valence-electron chi connectivity index (χ0n) is 36.7. The smallest absolute Gasteiger partial charge is 0.166 e. The lowest BCUT2D eigenvalue weighted by Crippen LogP contribution is -2.02. The summed E-state index contributed by atoms with van der Waals surface area (Å²) in [4.78, 5) is 21.2. The Morgan fingerprint density at radius 1 is 0.324 bits per heavy atom. The standard InChI is InChI=1S/C62H39N5S/c1-6-19-40(20-7-1)47-30-18-31-48(41-21-8-2-9-22-41)58(47)45-36-53(62-65-60(42-23-10-3-11-24-42)64-61(66-62)43-25-12-4-13-26-43)59(63-39-45)44-33-34-56-51(35-44)52-37-55-50(38-57(52)68-56)49-29-16-17-32-54(49)67(55)46-27-14-5-15-28-46/h1-39H. The van der Waals surface area contributed by atoms with Gasteiger partial charge in [-0.15, -0.1) is 11.3 Å². The minimum atomic E-state index is 0.546. The Morgan fingerprint density at radius 2 is 0.868 bits per heavy atom. The number of nitrogens with zero attached hydrogens (tertiary/aromatic N) is 5. The van der Waals surface area contributed by atoms with E-state index in [0.717, 1.165) is 67.0 Å². The summed E-state index contributed by atoms with van der Waals surface area (Å²) in [5.41, 5.74) is 14.4. The third-order valence-corrected chi connectivity index (χ3v) is 14.0. The van der Waals surface area contributed by atoms with Crippen molar-refractivity contribution in [3.05, 3.63) is 237 Å². The number of fused-ring (bicyclic) bond motifs is 6. The van der Waals surface area contributed by atoms with E-state index in [1.165, 1.54) is 42.0 Å². The molecule has 0 bridgehead atoms. The molecule has 0 N–H and O–H groups in total. The zero-order chi connectivity index (χ0) is 45.0. The van der Waals surface area contributed by atoms with E-state index in [-0.39, 0.29) is 0 Å². The van der Waals surface area contributed by atoms with Gasteiger partial charge in [-0.05, 0) is 76.3 Å². The van der Waals surface area contributed by atoms with Crippen LogP contribution in [0, 0.1) is 0 Å². The molecular formula is C62H39N5S. The van der Waals surface area contributed by atoms with E-state index in [9.17, 15) is 0 Å². The fourth-order valence-corrected chi connectivity index (χ4v) is 10.9. The molecule has 0 radical (unpaired) electrons. The molecule has 0 atom stereocenters. The van der Waals surface area contributed by atoms with Gasteiger partial charge < -0.3 is 4.57 Å². The molecule has 6 heteroatoms. The Labute approximate surface area is 397 Å². The predicted octanol–water partition coefficient (Wildman–Crippen LogP) is 16.4. The maximum atomic E-state index is 5.48. The normalized spacial score (nSPS) is 11.5. The Hall–Kier alpha value is -8.84. The van der Waals surface area contributed by atoms with Crippen molar-refractivity contribution in [1.82, 2.24) is 24.5 Å². The van der Waals surface area contributed by atoms with Crippen LogP contribution in [0.25, 0.3) is 126 Å². The number of hydrogen-bond acceptors (Lipinski definition) is 5. The fraction of sp³-hybridized carbons (Fsp3) is 0. The summed E-state index contributed by atoms with van der Waals surface area (Å²) in [7, 11) is 0. The van der Waals surface area contributed by atoms with Crippen molar-refractivity contribution in [3.63, 3.8) is 0 Å². The van der Waals surface area contributed by atoms with Crippen LogP contribution in [0.1, 0.15) is 0 Å². The summed E-state index contributed by atoms with van der Waals surface area (Å²) in [6.07, 6.45) is 2.03. The Morgan fingerprint density at radius 3 is 1.50 bits per heavy atom. The van der Waals surface area contributed by atoms with Crippen LogP contribution in [0.2, 0.25) is 0 Å². The summed E-state index contributed by atoms with van der Waals surface area (Å²) in [6.45, 7) is 0. The lowest BCUT2D eigenvalue weighted by atomic mass is 9.87. The fourth-order valence-electron chi connectivity index (χ4n) is 9.75.